The van der Waals surface area contributed by atoms with Crippen LogP contribution < -0.4 is 10.4 Å². The van der Waals surface area contributed by atoms with Crippen LogP contribution in [-0.4, -0.2) is 60.6 Å². The topological polar surface area (TPSA) is 62.2 Å². The van der Waals surface area contributed by atoms with E-state index in [4.69, 9.17) is 14.4 Å². The summed E-state index contributed by atoms with van der Waals surface area (Å²) >= 11 is 0. The molecule has 146 valence electrons. The van der Waals surface area contributed by atoms with Gasteiger partial charge in [-0.2, -0.15) is 0 Å². The molecule has 1 spiro atoms. The molecule has 3 fully saturated rings. The molecule has 1 N–H and O–H groups in total. The van der Waals surface area contributed by atoms with Crippen LogP contribution in [0.15, 0.2) is 24.3 Å². The lowest BCUT2D eigenvalue weighted by Crippen LogP contribution is -2.61. The van der Waals surface area contributed by atoms with Crippen LogP contribution >= 0.6 is 0 Å². The van der Waals surface area contributed by atoms with Crippen molar-refractivity contribution in [1.29, 1.82) is 0 Å². The number of benzene rings is 1. The van der Waals surface area contributed by atoms with Gasteiger partial charge in [0.05, 0.1) is 11.2 Å². The number of hydrogen-bond donors (Lipinski definition) is 1. The first-order valence-electron chi connectivity index (χ1n) is 9.79. The maximum Gasteiger partial charge on any atom is 0.494 e. The molecular weight excluding hydrogens is 343 g/mol. The third-order valence-electron chi connectivity index (χ3n) is 6.93. The average molecular weight is 372 g/mol. The van der Waals surface area contributed by atoms with E-state index in [0.717, 1.165) is 31.4 Å². The summed E-state index contributed by atoms with van der Waals surface area (Å²) in [5, 5.41) is 9.10. The molecule has 0 aromatic heterocycles. The summed E-state index contributed by atoms with van der Waals surface area (Å²) in [6.45, 7) is 11.6. The fourth-order valence-corrected chi connectivity index (χ4v) is 4.26. The van der Waals surface area contributed by atoms with Crippen LogP contribution in [0.5, 0.6) is 0 Å². The molecule has 3 heterocycles. The van der Waals surface area contributed by atoms with Crippen molar-refractivity contribution >= 4 is 24.4 Å². The second-order valence-electron chi connectivity index (χ2n) is 9.31. The van der Waals surface area contributed by atoms with E-state index in [0.29, 0.717) is 13.1 Å². The van der Waals surface area contributed by atoms with Gasteiger partial charge in [-0.15, -0.1) is 0 Å². The predicted molar refractivity (Wildman–Crippen MR) is 106 cm³/mol. The van der Waals surface area contributed by atoms with E-state index < -0.39 is 6.09 Å². The molecule has 3 aliphatic rings. The lowest BCUT2D eigenvalue weighted by Gasteiger charge is -2.54. The molecule has 0 atom stereocenters. The quantitative estimate of drug-likeness (QED) is 0.809. The summed E-state index contributed by atoms with van der Waals surface area (Å²) in [6.07, 6.45) is 1.13. The Hall–Kier alpha value is -1.73. The smallest absolute Gasteiger partial charge is 0.465 e. The highest BCUT2D eigenvalue weighted by Gasteiger charge is 2.52. The summed E-state index contributed by atoms with van der Waals surface area (Å²) in [4.78, 5) is 15.0. The molecule has 3 aliphatic heterocycles. The Morgan fingerprint density at radius 1 is 1.00 bits per heavy atom. The number of piperidine rings is 1. The minimum Gasteiger partial charge on any atom is -0.465 e. The number of nitrogens with zero attached hydrogens (tertiary/aromatic N) is 2. The van der Waals surface area contributed by atoms with E-state index in [1.54, 1.807) is 0 Å². The second kappa shape index (κ2) is 6.14. The van der Waals surface area contributed by atoms with Gasteiger partial charge in [0.25, 0.3) is 0 Å². The first-order valence-corrected chi connectivity index (χ1v) is 9.79. The van der Waals surface area contributed by atoms with Crippen LogP contribution in [0.1, 0.15) is 40.5 Å². The number of rotatable bonds is 2. The van der Waals surface area contributed by atoms with Gasteiger partial charge in [-0.1, -0.05) is 12.1 Å². The molecule has 27 heavy (non-hydrogen) atoms. The SMILES string of the molecule is CC1(C)OB(c2ccc(N3CC4(CCN(C(=O)O)CC4)C3)cc2)OC1(C)C. The molecule has 1 aromatic rings. The van der Waals surface area contributed by atoms with Crippen molar-refractivity contribution in [3.05, 3.63) is 24.3 Å². The summed E-state index contributed by atoms with van der Waals surface area (Å²) in [5.41, 5.74) is 1.88. The number of likely N-dealkylation sites (tertiary alicyclic amines) is 1. The number of carboxylic acid groups (broad SMARTS) is 1. The van der Waals surface area contributed by atoms with Crippen molar-refractivity contribution < 1.29 is 19.2 Å². The molecule has 1 aromatic carbocycles. The van der Waals surface area contributed by atoms with Crippen molar-refractivity contribution in [2.75, 3.05) is 31.1 Å². The Morgan fingerprint density at radius 2 is 1.52 bits per heavy atom. The van der Waals surface area contributed by atoms with E-state index >= 15 is 0 Å². The number of anilines is 1. The van der Waals surface area contributed by atoms with Gasteiger partial charge >= 0.3 is 13.2 Å². The third-order valence-corrected chi connectivity index (χ3v) is 6.93. The highest BCUT2D eigenvalue weighted by atomic mass is 16.7. The predicted octanol–water partition coefficient (Wildman–Crippen LogP) is 2.57. The fourth-order valence-electron chi connectivity index (χ4n) is 4.26. The van der Waals surface area contributed by atoms with Gasteiger partial charge in [-0.3, -0.25) is 0 Å². The molecule has 0 radical (unpaired) electrons. The first kappa shape index (κ1) is 18.6. The summed E-state index contributed by atoms with van der Waals surface area (Å²) in [5.74, 6) is 0. The maximum absolute atomic E-state index is 11.1. The lowest BCUT2D eigenvalue weighted by molar-refractivity contribution is 0.00578. The minimum atomic E-state index is -0.792. The highest BCUT2D eigenvalue weighted by molar-refractivity contribution is 6.62. The highest BCUT2D eigenvalue weighted by Crippen LogP contribution is 2.42. The molecule has 3 saturated heterocycles. The van der Waals surface area contributed by atoms with Gasteiger partial charge in [-0.25, -0.2) is 4.79 Å². The van der Waals surface area contributed by atoms with Crippen LogP contribution in [0.4, 0.5) is 10.5 Å². The number of amides is 1. The lowest BCUT2D eigenvalue weighted by atomic mass is 9.71. The van der Waals surface area contributed by atoms with Gasteiger partial charge in [-0.05, 0) is 58.1 Å². The second-order valence-corrected chi connectivity index (χ2v) is 9.31. The normalized spacial score (nSPS) is 25.6. The summed E-state index contributed by atoms with van der Waals surface area (Å²) < 4.78 is 12.2. The Morgan fingerprint density at radius 3 is 2.00 bits per heavy atom. The Bertz CT molecular complexity index is 702. The van der Waals surface area contributed by atoms with Crippen LogP contribution in [0.2, 0.25) is 0 Å². The zero-order valence-electron chi connectivity index (χ0n) is 16.7. The zero-order valence-corrected chi connectivity index (χ0v) is 16.7. The molecule has 0 aliphatic carbocycles. The standard InChI is InChI=1S/C20H29BN2O4/c1-18(2)19(3,4)27-21(26-18)15-5-7-16(8-6-15)23-13-20(14-23)9-11-22(12-10-20)17(24)25/h5-8H,9-14H2,1-4H3,(H,24,25). The molecular formula is C20H29BN2O4. The van der Waals surface area contributed by atoms with Gasteiger partial charge in [0.15, 0.2) is 0 Å². The van der Waals surface area contributed by atoms with Crippen molar-refractivity contribution in [3.8, 4) is 0 Å². The summed E-state index contributed by atoms with van der Waals surface area (Å²) in [6, 6.07) is 8.46. The molecule has 1 amide bonds. The van der Waals surface area contributed by atoms with Crippen molar-refractivity contribution in [1.82, 2.24) is 4.90 Å². The number of hydrogen-bond acceptors (Lipinski definition) is 4. The first-order chi connectivity index (χ1) is 12.6. The Labute approximate surface area is 161 Å². The largest absolute Gasteiger partial charge is 0.494 e. The van der Waals surface area contributed by atoms with E-state index in [9.17, 15) is 4.79 Å². The monoisotopic (exact) mass is 372 g/mol. The van der Waals surface area contributed by atoms with Crippen LogP contribution in [-0.2, 0) is 9.31 Å². The Balaban J connectivity index is 1.36. The summed E-state index contributed by atoms with van der Waals surface area (Å²) in [7, 11) is -0.327. The van der Waals surface area contributed by atoms with Crippen molar-refractivity contribution in [2.45, 2.75) is 51.7 Å². The molecule has 6 nitrogen and oxygen atoms in total. The molecule has 4 rings (SSSR count). The van der Waals surface area contributed by atoms with Crippen LogP contribution in [0.25, 0.3) is 0 Å². The van der Waals surface area contributed by atoms with E-state index in [1.165, 1.54) is 10.6 Å². The minimum absolute atomic E-state index is 0.288. The van der Waals surface area contributed by atoms with Gasteiger partial charge in [0, 0.05) is 37.3 Å². The van der Waals surface area contributed by atoms with Crippen LogP contribution in [0, 0.1) is 5.41 Å². The van der Waals surface area contributed by atoms with Crippen molar-refractivity contribution in [2.24, 2.45) is 5.41 Å². The number of carbonyl (C=O) groups is 1. The van der Waals surface area contributed by atoms with Gasteiger partial charge < -0.3 is 24.2 Å². The maximum atomic E-state index is 11.1. The Kier molecular flexibility index (Phi) is 4.24. The van der Waals surface area contributed by atoms with E-state index in [1.807, 2.05) is 0 Å². The molecule has 0 bridgehead atoms. The molecule has 7 heteroatoms. The van der Waals surface area contributed by atoms with Crippen LogP contribution in [0.3, 0.4) is 0 Å². The fraction of sp³-hybridized carbons (Fsp3) is 0.650. The van der Waals surface area contributed by atoms with E-state index in [-0.39, 0.29) is 23.7 Å². The third kappa shape index (κ3) is 3.21. The van der Waals surface area contributed by atoms with Crippen molar-refractivity contribution in [3.63, 3.8) is 0 Å². The average Bonchev–Trinajstić information content (AvgIpc) is 2.81. The van der Waals surface area contributed by atoms with E-state index in [2.05, 4.69) is 56.9 Å². The zero-order chi connectivity index (χ0) is 19.4. The molecule has 0 unspecified atom stereocenters. The van der Waals surface area contributed by atoms with Gasteiger partial charge in [0.1, 0.15) is 0 Å². The van der Waals surface area contributed by atoms with Gasteiger partial charge in [0.2, 0.25) is 0 Å². The molecule has 0 saturated carbocycles.